The van der Waals surface area contributed by atoms with Gasteiger partial charge in [0.15, 0.2) is 0 Å². The van der Waals surface area contributed by atoms with Crippen molar-refractivity contribution in [3.8, 4) is 0 Å². The minimum absolute atomic E-state index is 0.300. The topological polar surface area (TPSA) is 29.3 Å². The lowest BCUT2D eigenvalue weighted by atomic mass is 9.90. The van der Waals surface area contributed by atoms with Gasteiger partial charge in [0, 0.05) is 12.6 Å². The van der Waals surface area contributed by atoms with Gasteiger partial charge >= 0.3 is 0 Å². The van der Waals surface area contributed by atoms with Gasteiger partial charge in [-0.3, -0.25) is 4.90 Å². The van der Waals surface area contributed by atoms with Crippen LogP contribution in [-0.2, 0) is 0 Å². The van der Waals surface area contributed by atoms with Crippen LogP contribution in [-0.4, -0.2) is 30.6 Å². The molecule has 1 unspecified atom stereocenters. The predicted molar refractivity (Wildman–Crippen MR) is 48.5 cm³/mol. The summed E-state index contributed by atoms with van der Waals surface area (Å²) in [5, 5.41) is 0. The van der Waals surface area contributed by atoms with Gasteiger partial charge in [-0.1, -0.05) is 13.8 Å². The second-order valence-corrected chi connectivity index (χ2v) is 4.48. The Morgan fingerprint density at radius 1 is 1.55 bits per heavy atom. The van der Waals surface area contributed by atoms with Crippen LogP contribution in [0.5, 0.6) is 0 Å². The fourth-order valence-corrected chi connectivity index (χ4v) is 1.42. The molecule has 1 atom stereocenters. The molecule has 0 spiro atoms. The summed E-state index contributed by atoms with van der Waals surface area (Å²) in [6.45, 7) is 9.97. The molecule has 0 radical (unpaired) electrons. The van der Waals surface area contributed by atoms with Crippen LogP contribution in [0.1, 0.15) is 27.2 Å². The summed E-state index contributed by atoms with van der Waals surface area (Å²) in [5.41, 5.74) is 5.95. The normalized spacial score (nSPS) is 26.7. The van der Waals surface area contributed by atoms with Crippen LogP contribution in [0.2, 0.25) is 0 Å². The highest BCUT2D eigenvalue weighted by atomic mass is 15.2. The SMILES string of the molecule is CC1CCN1CC(C)(C)CN. The monoisotopic (exact) mass is 156 g/mol. The van der Waals surface area contributed by atoms with Crippen LogP contribution >= 0.6 is 0 Å². The van der Waals surface area contributed by atoms with Gasteiger partial charge in [0.1, 0.15) is 0 Å². The van der Waals surface area contributed by atoms with Gasteiger partial charge in [0.25, 0.3) is 0 Å². The first-order valence-electron chi connectivity index (χ1n) is 4.49. The van der Waals surface area contributed by atoms with Crippen LogP contribution in [0.25, 0.3) is 0 Å². The fourth-order valence-electron chi connectivity index (χ4n) is 1.42. The molecule has 2 nitrogen and oxygen atoms in total. The summed E-state index contributed by atoms with van der Waals surface area (Å²) in [7, 11) is 0. The van der Waals surface area contributed by atoms with Crippen molar-refractivity contribution in [2.75, 3.05) is 19.6 Å². The zero-order chi connectivity index (χ0) is 8.48. The molecule has 2 N–H and O–H groups in total. The number of rotatable bonds is 3. The molecular weight excluding hydrogens is 136 g/mol. The lowest BCUT2D eigenvalue weighted by molar-refractivity contribution is 0.0616. The first kappa shape index (κ1) is 9.01. The summed E-state index contributed by atoms with van der Waals surface area (Å²) in [6.07, 6.45) is 1.36. The Morgan fingerprint density at radius 2 is 2.18 bits per heavy atom. The standard InChI is InChI=1S/C9H20N2/c1-8-4-5-11(8)7-9(2,3)6-10/h8H,4-7,10H2,1-3H3. The zero-order valence-electron chi connectivity index (χ0n) is 7.93. The van der Waals surface area contributed by atoms with E-state index < -0.39 is 0 Å². The molecule has 1 aliphatic rings. The van der Waals surface area contributed by atoms with Crippen LogP contribution in [0.3, 0.4) is 0 Å². The summed E-state index contributed by atoms with van der Waals surface area (Å²) < 4.78 is 0. The van der Waals surface area contributed by atoms with E-state index in [-0.39, 0.29) is 0 Å². The Labute approximate surface area is 69.8 Å². The largest absolute Gasteiger partial charge is 0.330 e. The molecule has 2 heteroatoms. The average molecular weight is 156 g/mol. The van der Waals surface area contributed by atoms with E-state index in [1.807, 2.05) is 0 Å². The van der Waals surface area contributed by atoms with Crippen molar-refractivity contribution in [3.05, 3.63) is 0 Å². The Kier molecular flexibility index (Phi) is 2.55. The van der Waals surface area contributed by atoms with Crippen LogP contribution in [0.4, 0.5) is 0 Å². The van der Waals surface area contributed by atoms with E-state index in [2.05, 4.69) is 25.7 Å². The molecule has 1 saturated heterocycles. The van der Waals surface area contributed by atoms with Crippen LogP contribution in [0.15, 0.2) is 0 Å². The Balaban J connectivity index is 2.29. The highest BCUT2D eigenvalue weighted by molar-refractivity contribution is 4.84. The van der Waals surface area contributed by atoms with Gasteiger partial charge in [0.2, 0.25) is 0 Å². The average Bonchev–Trinajstić information content (AvgIpc) is 1.98. The van der Waals surface area contributed by atoms with Crippen molar-refractivity contribution in [3.63, 3.8) is 0 Å². The second-order valence-electron chi connectivity index (χ2n) is 4.48. The molecule has 0 bridgehead atoms. The van der Waals surface area contributed by atoms with Crippen molar-refractivity contribution in [2.45, 2.75) is 33.2 Å². The van der Waals surface area contributed by atoms with Crippen LogP contribution in [0, 0.1) is 5.41 Å². The van der Waals surface area contributed by atoms with Crippen molar-refractivity contribution in [1.29, 1.82) is 0 Å². The highest BCUT2D eigenvalue weighted by Crippen LogP contribution is 2.23. The molecule has 0 aromatic rings. The van der Waals surface area contributed by atoms with E-state index in [4.69, 9.17) is 5.73 Å². The molecule has 1 fully saturated rings. The number of nitrogens with zero attached hydrogens (tertiary/aromatic N) is 1. The third kappa shape index (κ3) is 2.17. The second kappa shape index (κ2) is 3.11. The molecule has 1 aliphatic heterocycles. The van der Waals surface area contributed by atoms with Crippen molar-refractivity contribution in [1.82, 2.24) is 4.90 Å². The van der Waals surface area contributed by atoms with Crippen molar-refractivity contribution in [2.24, 2.45) is 11.1 Å². The van der Waals surface area contributed by atoms with E-state index in [0.717, 1.165) is 19.1 Å². The molecule has 11 heavy (non-hydrogen) atoms. The number of nitrogens with two attached hydrogens (primary N) is 1. The quantitative estimate of drug-likeness (QED) is 0.662. The zero-order valence-corrected chi connectivity index (χ0v) is 7.93. The number of hydrogen-bond acceptors (Lipinski definition) is 2. The Hall–Kier alpha value is -0.0800. The van der Waals surface area contributed by atoms with Gasteiger partial charge in [0.05, 0.1) is 0 Å². The molecule has 66 valence electrons. The van der Waals surface area contributed by atoms with Gasteiger partial charge in [-0.25, -0.2) is 0 Å². The number of likely N-dealkylation sites (tertiary alicyclic amines) is 1. The maximum Gasteiger partial charge on any atom is 0.00793 e. The van der Waals surface area contributed by atoms with Crippen LogP contribution < -0.4 is 5.73 Å². The van der Waals surface area contributed by atoms with E-state index in [9.17, 15) is 0 Å². The maximum absolute atomic E-state index is 5.65. The van der Waals surface area contributed by atoms with E-state index >= 15 is 0 Å². The first-order valence-corrected chi connectivity index (χ1v) is 4.49. The van der Waals surface area contributed by atoms with Gasteiger partial charge in [-0.2, -0.15) is 0 Å². The van der Waals surface area contributed by atoms with Gasteiger partial charge in [-0.15, -0.1) is 0 Å². The van der Waals surface area contributed by atoms with Crippen molar-refractivity contribution >= 4 is 0 Å². The highest BCUT2D eigenvalue weighted by Gasteiger charge is 2.28. The molecular formula is C9H20N2. The van der Waals surface area contributed by atoms with E-state index in [0.29, 0.717) is 5.41 Å². The van der Waals surface area contributed by atoms with Gasteiger partial charge in [-0.05, 0) is 31.8 Å². The number of hydrogen-bond donors (Lipinski definition) is 1. The molecule has 0 saturated carbocycles. The maximum atomic E-state index is 5.65. The minimum Gasteiger partial charge on any atom is -0.330 e. The Bertz CT molecular complexity index is 132. The lowest BCUT2D eigenvalue weighted by Gasteiger charge is -2.43. The van der Waals surface area contributed by atoms with Gasteiger partial charge < -0.3 is 5.73 Å². The first-order chi connectivity index (χ1) is 5.05. The third-order valence-electron chi connectivity index (χ3n) is 2.64. The Morgan fingerprint density at radius 3 is 2.45 bits per heavy atom. The summed E-state index contributed by atoms with van der Waals surface area (Å²) in [5.74, 6) is 0. The molecule has 0 aliphatic carbocycles. The smallest absolute Gasteiger partial charge is 0.00793 e. The molecule has 1 heterocycles. The minimum atomic E-state index is 0.300. The molecule has 1 rings (SSSR count). The lowest BCUT2D eigenvalue weighted by Crippen LogP contribution is -2.51. The predicted octanol–water partition coefficient (Wildman–Crippen LogP) is 1.07. The van der Waals surface area contributed by atoms with Crippen molar-refractivity contribution < 1.29 is 0 Å². The third-order valence-corrected chi connectivity index (χ3v) is 2.64. The summed E-state index contributed by atoms with van der Waals surface area (Å²) in [6, 6.07) is 0.792. The molecule has 0 amide bonds. The van der Waals surface area contributed by atoms with E-state index in [1.54, 1.807) is 0 Å². The fraction of sp³-hybridized carbons (Fsp3) is 1.00. The summed E-state index contributed by atoms with van der Waals surface area (Å²) in [4.78, 5) is 2.51. The van der Waals surface area contributed by atoms with E-state index in [1.165, 1.54) is 13.0 Å². The molecule has 0 aromatic carbocycles. The summed E-state index contributed by atoms with van der Waals surface area (Å²) >= 11 is 0. The molecule has 0 aromatic heterocycles.